The number of amides is 1. The molecular weight excluding hydrogens is 387 g/mol. The lowest BCUT2D eigenvalue weighted by atomic mass is 10.1. The van der Waals surface area contributed by atoms with Crippen molar-refractivity contribution in [3.8, 4) is 11.5 Å². The number of nitrogens with zero attached hydrogens (tertiary/aromatic N) is 3. The van der Waals surface area contributed by atoms with Gasteiger partial charge in [0.05, 0.1) is 0 Å². The third kappa shape index (κ3) is 3.68. The van der Waals surface area contributed by atoms with Crippen LogP contribution in [0.15, 0.2) is 53.2 Å². The van der Waals surface area contributed by atoms with E-state index in [1.165, 1.54) is 12.1 Å². The number of ether oxygens (including phenoxy) is 2. The number of piperazine rings is 1. The van der Waals surface area contributed by atoms with E-state index in [1.807, 2.05) is 18.2 Å². The lowest BCUT2D eigenvalue weighted by Crippen LogP contribution is -2.52. The number of nitrogens with one attached hydrogen (secondary N) is 1. The summed E-state index contributed by atoms with van der Waals surface area (Å²) in [5.74, 6) is 1.50. The van der Waals surface area contributed by atoms with Gasteiger partial charge in [-0.05, 0) is 48.0 Å². The molecule has 3 aliphatic heterocycles. The van der Waals surface area contributed by atoms with E-state index in [4.69, 9.17) is 9.47 Å². The van der Waals surface area contributed by atoms with Gasteiger partial charge in [0.2, 0.25) is 5.96 Å². The second-order valence-corrected chi connectivity index (χ2v) is 7.27. The number of anilines is 1. The molecule has 2 aromatic carbocycles. The molecule has 0 atom stereocenters. The van der Waals surface area contributed by atoms with Gasteiger partial charge in [-0.3, -0.25) is 10.1 Å². The molecule has 0 unspecified atom stereocenters. The van der Waals surface area contributed by atoms with Gasteiger partial charge in [0, 0.05) is 31.9 Å². The lowest BCUT2D eigenvalue weighted by Gasteiger charge is -2.36. The van der Waals surface area contributed by atoms with E-state index < -0.39 is 0 Å². The average Bonchev–Trinajstić information content (AvgIpc) is 3.14. The zero-order valence-corrected chi connectivity index (χ0v) is 16.3. The van der Waals surface area contributed by atoms with Crippen LogP contribution in [0.2, 0.25) is 0 Å². The second kappa shape index (κ2) is 7.70. The normalized spacial score (nSPS) is 19.7. The third-order valence-corrected chi connectivity index (χ3v) is 5.32. The number of rotatable bonds is 2. The van der Waals surface area contributed by atoms with E-state index in [2.05, 4.69) is 20.1 Å². The summed E-state index contributed by atoms with van der Waals surface area (Å²) in [4.78, 5) is 21.2. The summed E-state index contributed by atoms with van der Waals surface area (Å²) in [5, 5.41) is 2.86. The van der Waals surface area contributed by atoms with Crippen LogP contribution in [-0.2, 0) is 4.79 Å². The van der Waals surface area contributed by atoms with Crippen molar-refractivity contribution < 1.29 is 18.7 Å². The third-order valence-electron chi connectivity index (χ3n) is 5.32. The monoisotopic (exact) mass is 408 g/mol. The fraction of sp³-hybridized carbons (Fsp3) is 0.273. The van der Waals surface area contributed by atoms with Crippen LogP contribution < -0.4 is 19.7 Å². The first kappa shape index (κ1) is 18.5. The number of hydrogen-bond donors (Lipinski definition) is 1. The van der Waals surface area contributed by atoms with Gasteiger partial charge in [0.25, 0.3) is 5.91 Å². The number of carbonyl (C=O) groups excluding carboxylic acids is 1. The molecule has 1 amide bonds. The molecule has 0 aliphatic carbocycles. The van der Waals surface area contributed by atoms with Crippen LogP contribution in [0.25, 0.3) is 6.08 Å². The van der Waals surface area contributed by atoms with Crippen LogP contribution in [0.4, 0.5) is 10.1 Å². The number of fused-ring (bicyclic) bond motifs is 1. The Bertz CT molecular complexity index is 1030. The molecule has 0 radical (unpaired) electrons. The number of benzene rings is 2. The van der Waals surface area contributed by atoms with E-state index >= 15 is 0 Å². The van der Waals surface area contributed by atoms with Gasteiger partial charge >= 0.3 is 0 Å². The van der Waals surface area contributed by atoms with Crippen LogP contribution in [-0.4, -0.2) is 56.2 Å². The van der Waals surface area contributed by atoms with Crippen molar-refractivity contribution in [2.75, 3.05) is 44.3 Å². The molecule has 1 fully saturated rings. The molecule has 1 N–H and O–H groups in total. The summed E-state index contributed by atoms with van der Waals surface area (Å²) in [6.45, 7) is 4.02. The van der Waals surface area contributed by atoms with Crippen LogP contribution in [0, 0.1) is 5.82 Å². The maximum atomic E-state index is 13.1. The molecule has 30 heavy (non-hydrogen) atoms. The summed E-state index contributed by atoms with van der Waals surface area (Å²) < 4.78 is 24.3. The molecule has 2 aromatic rings. The Hall–Kier alpha value is -3.55. The molecule has 3 heterocycles. The van der Waals surface area contributed by atoms with Gasteiger partial charge in [0.1, 0.15) is 24.7 Å². The number of carbonyl (C=O) groups is 1. The predicted octanol–water partition coefficient (Wildman–Crippen LogP) is 2.25. The van der Waals surface area contributed by atoms with Crippen molar-refractivity contribution in [3.05, 3.63) is 59.5 Å². The lowest BCUT2D eigenvalue weighted by molar-refractivity contribution is -0.115. The van der Waals surface area contributed by atoms with Crippen LogP contribution in [0.3, 0.4) is 0 Å². The van der Waals surface area contributed by atoms with E-state index in [9.17, 15) is 9.18 Å². The molecule has 3 aliphatic rings. The zero-order chi connectivity index (χ0) is 20.5. The van der Waals surface area contributed by atoms with E-state index in [0.717, 1.165) is 24.3 Å². The highest BCUT2D eigenvalue weighted by atomic mass is 19.1. The highest BCUT2D eigenvalue weighted by Gasteiger charge is 2.27. The summed E-state index contributed by atoms with van der Waals surface area (Å²) in [6.07, 6.45) is 1.75. The van der Waals surface area contributed by atoms with E-state index in [1.54, 1.807) is 18.2 Å². The summed E-state index contributed by atoms with van der Waals surface area (Å²) in [7, 11) is 0. The molecule has 0 spiro atoms. The van der Waals surface area contributed by atoms with Gasteiger partial charge in [-0.2, -0.15) is 0 Å². The number of aliphatic imine (C=N–C) groups is 1. The van der Waals surface area contributed by atoms with Gasteiger partial charge in [0.15, 0.2) is 11.5 Å². The van der Waals surface area contributed by atoms with E-state index in [0.29, 0.717) is 49.5 Å². The topological polar surface area (TPSA) is 66.4 Å². The fourth-order valence-corrected chi connectivity index (χ4v) is 3.74. The molecule has 8 heteroatoms. The molecule has 1 saturated heterocycles. The molecular formula is C22H21FN4O3. The Morgan fingerprint density at radius 3 is 2.40 bits per heavy atom. The highest BCUT2D eigenvalue weighted by molar-refractivity contribution is 6.13. The zero-order valence-electron chi connectivity index (χ0n) is 16.3. The van der Waals surface area contributed by atoms with Crippen molar-refractivity contribution in [1.29, 1.82) is 0 Å². The van der Waals surface area contributed by atoms with Crippen LogP contribution in [0.1, 0.15) is 5.56 Å². The Balaban J connectivity index is 1.27. The van der Waals surface area contributed by atoms with Crippen molar-refractivity contribution in [2.45, 2.75) is 0 Å². The van der Waals surface area contributed by atoms with Crippen molar-refractivity contribution in [3.63, 3.8) is 0 Å². The second-order valence-electron chi connectivity index (χ2n) is 7.27. The first-order valence-electron chi connectivity index (χ1n) is 9.92. The molecule has 5 rings (SSSR count). The van der Waals surface area contributed by atoms with Crippen LogP contribution >= 0.6 is 0 Å². The minimum atomic E-state index is -0.238. The average molecular weight is 408 g/mol. The van der Waals surface area contributed by atoms with Crippen molar-refractivity contribution in [2.24, 2.45) is 4.99 Å². The Labute approximate surface area is 173 Å². The SMILES string of the molecule is O=C1NC(N2CCN(c3ccc(F)cc3)CC2)=N/C1=C\c1ccc2c(c1)OCCO2. The number of hydrogen-bond acceptors (Lipinski definition) is 6. The highest BCUT2D eigenvalue weighted by Crippen LogP contribution is 2.31. The summed E-state index contributed by atoms with van der Waals surface area (Å²) in [5.41, 5.74) is 2.19. The van der Waals surface area contributed by atoms with Crippen molar-refractivity contribution >= 4 is 23.6 Å². The van der Waals surface area contributed by atoms with Gasteiger partial charge in [-0.1, -0.05) is 6.07 Å². The minimum Gasteiger partial charge on any atom is -0.486 e. The molecule has 0 aromatic heterocycles. The summed E-state index contributed by atoms with van der Waals surface area (Å²) in [6, 6.07) is 12.1. The first-order valence-corrected chi connectivity index (χ1v) is 9.92. The Kier molecular flexibility index (Phi) is 4.74. The quantitative estimate of drug-likeness (QED) is 0.773. The molecule has 154 valence electrons. The first-order chi connectivity index (χ1) is 14.7. The smallest absolute Gasteiger partial charge is 0.276 e. The minimum absolute atomic E-state index is 0.221. The standard InChI is InChI=1S/C22H21FN4O3/c23-16-2-4-17(5-3-16)26-7-9-27(10-8-26)22-24-18(21(28)25-22)13-15-1-6-19-20(14-15)30-12-11-29-19/h1-6,13-14H,7-12H2,(H,24,25,28)/b18-13-. The van der Waals surface area contributed by atoms with Gasteiger partial charge in [-0.25, -0.2) is 9.38 Å². The number of halogens is 1. The Morgan fingerprint density at radius 2 is 1.63 bits per heavy atom. The molecule has 0 bridgehead atoms. The maximum Gasteiger partial charge on any atom is 0.276 e. The fourth-order valence-electron chi connectivity index (χ4n) is 3.74. The Morgan fingerprint density at radius 1 is 0.933 bits per heavy atom. The largest absolute Gasteiger partial charge is 0.486 e. The van der Waals surface area contributed by atoms with E-state index in [-0.39, 0.29) is 11.7 Å². The van der Waals surface area contributed by atoms with Gasteiger partial charge < -0.3 is 19.3 Å². The predicted molar refractivity (Wildman–Crippen MR) is 111 cm³/mol. The molecule has 0 saturated carbocycles. The van der Waals surface area contributed by atoms with Crippen molar-refractivity contribution in [1.82, 2.24) is 10.2 Å². The van der Waals surface area contributed by atoms with Crippen LogP contribution in [0.5, 0.6) is 11.5 Å². The number of guanidine groups is 1. The maximum absolute atomic E-state index is 13.1. The molecule has 7 nitrogen and oxygen atoms in total. The summed E-state index contributed by atoms with van der Waals surface area (Å²) >= 11 is 0. The van der Waals surface area contributed by atoms with Gasteiger partial charge in [-0.15, -0.1) is 0 Å².